The second-order valence-corrected chi connectivity index (χ2v) is 4.78. The molecule has 0 spiro atoms. The first-order valence-corrected chi connectivity index (χ1v) is 6.54. The summed E-state index contributed by atoms with van der Waals surface area (Å²) in [7, 11) is 0. The van der Waals surface area contributed by atoms with Crippen LogP contribution in [0.2, 0.25) is 0 Å². The summed E-state index contributed by atoms with van der Waals surface area (Å²) < 4.78 is 26.5. The van der Waals surface area contributed by atoms with Crippen LogP contribution in [0, 0.1) is 11.6 Å². The van der Waals surface area contributed by atoms with Gasteiger partial charge in [0.25, 0.3) is 0 Å². The summed E-state index contributed by atoms with van der Waals surface area (Å²) in [6.07, 6.45) is 1.24. The van der Waals surface area contributed by atoms with Crippen molar-refractivity contribution >= 4 is 11.8 Å². The van der Waals surface area contributed by atoms with Gasteiger partial charge in [-0.3, -0.25) is 9.59 Å². The Morgan fingerprint density at radius 2 is 2.10 bits per heavy atom. The topological polar surface area (TPSA) is 49.4 Å². The Morgan fingerprint density at radius 1 is 1.35 bits per heavy atom. The van der Waals surface area contributed by atoms with Crippen LogP contribution in [0.15, 0.2) is 18.2 Å². The first kappa shape index (κ1) is 14.4. The summed E-state index contributed by atoms with van der Waals surface area (Å²) in [6.45, 7) is 1.80. The van der Waals surface area contributed by atoms with Crippen LogP contribution in [0.5, 0.6) is 0 Å². The van der Waals surface area contributed by atoms with Crippen molar-refractivity contribution in [2.75, 3.05) is 6.54 Å². The molecule has 2 amide bonds. The van der Waals surface area contributed by atoms with Crippen molar-refractivity contribution in [1.29, 1.82) is 0 Å². The molecule has 20 heavy (non-hydrogen) atoms. The molecule has 0 aromatic heterocycles. The van der Waals surface area contributed by atoms with Crippen molar-refractivity contribution in [2.24, 2.45) is 0 Å². The quantitative estimate of drug-likeness (QED) is 0.911. The normalized spacial score (nSPS) is 19.1. The molecule has 1 aromatic carbocycles. The lowest BCUT2D eigenvalue weighted by molar-refractivity contribution is -0.146. The number of hydrogen-bond donors (Lipinski definition) is 1. The highest BCUT2D eigenvalue weighted by molar-refractivity contribution is 5.94. The van der Waals surface area contributed by atoms with Crippen LogP contribution in [0.1, 0.15) is 25.3 Å². The molecule has 1 heterocycles. The number of hydrogen-bond acceptors (Lipinski definition) is 2. The molecule has 0 aliphatic carbocycles. The largest absolute Gasteiger partial charge is 0.345 e. The number of nitrogens with zero attached hydrogens (tertiary/aromatic N) is 1. The number of carbonyl (C=O) groups excluding carboxylic acids is 2. The third-order valence-corrected chi connectivity index (χ3v) is 3.33. The molecule has 2 rings (SSSR count). The van der Waals surface area contributed by atoms with E-state index in [1.165, 1.54) is 11.0 Å². The van der Waals surface area contributed by atoms with Gasteiger partial charge in [0.2, 0.25) is 11.8 Å². The minimum Gasteiger partial charge on any atom is -0.345 e. The zero-order valence-corrected chi connectivity index (χ0v) is 11.2. The van der Waals surface area contributed by atoms with Crippen LogP contribution < -0.4 is 5.32 Å². The minimum absolute atomic E-state index is 0.0248. The second-order valence-electron chi connectivity index (χ2n) is 4.78. The third kappa shape index (κ3) is 2.95. The molecule has 1 fully saturated rings. The van der Waals surface area contributed by atoms with Crippen LogP contribution in [0.4, 0.5) is 8.78 Å². The van der Waals surface area contributed by atoms with E-state index in [9.17, 15) is 18.4 Å². The molecule has 6 heteroatoms. The number of rotatable bonds is 4. The van der Waals surface area contributed by atoms with Crippen LogP contribution in [0.3, 0.4) is 0 Å². The highest BCUT2D eigenvalue weighted by atomic mass is 19.1. The molecule has 0 bridgehead atoms. The zero-order chi connectivity index (χ0) is 14.7. The van der Waals surface area contributed by atoms with Crippen LogP contribution in [0.25, 0.3) is 0 Å². The van der Waals surface area contributed by atoms with Crippen molar-refractivity contribution in [3.05, 3.63) is 35.4 Å². The van der Waals surface area contributed by atoms with E-state index in [0.29, 0.717) is 6.42 Å². The van der Waals surface area contributed by atoms with E-state index in [1.54, 1.807) is 0 Å². The molecule has 1 aromatic rings. The lowest BCUT2D eigenvalue weighted by Gasteiger charge is -2.35. The predicted molar refractivity (Wildman–Crippen MR) is 68.6 cm³/mol. The third-order valence-electron chi connectivity index (χ3n) is 3.33. The molecule has 1 aliphatic rings. The maximum Gasteiger partial charge on any atom is 0.243 e. The fourth-order valence-corrected chi connectivity index (χ4v) is 2.29. The van der Waals surface area contributed by atoms with Crippen molar-refractivity contribution in [1.82, 2.24) is 10.2 Å². The Morgan fingerprint density at radius 3 is 2.75 bits per heavy atom. The smallest absolute Gasteiger partial charge is 0.243 e. The van der Waals surface area contributed by atoms with Crippen molar-refractivity contribution in [2.45, 2.75) is 32.4 Å². The first-order chi connectivity index (χ1) is 9.52. The number of amides is 2. The molecular formula is C14H16F2N2O2. The number of carbonyl (C=O) groups is 2. The molecule has 1 aliphatic heterocycles. The van der Waals surface area contributed by atoms with Gasteiger partial charge in [-0.15, -0.1) is 0 Å². The summed E-state index contributed by atoms with van der Waals surface area (Å²) in [6, 6.07) is 2.62. The highest BCUT2D eigenvalue weighted by Crippen LogP contribution is 2.18. The summed E-state index contributed by atoms with van der Waals surface area (Å²) in [5, 5.41) is 2.52. The Labute approximate surface area is 115 Å². The van der Waals surface area contributed by atoms with E-state index in [2.05, 4.69) is 5.32 Å². The molecule has 108 valence electrons. The monoisotopic (exact) mass is 282 g/mol. The first-order valence-electron chi connectivity index (χ1n) is 6.54. The van der Waals surface area contributed by atoms with Gasteiger partial charge in [-0.25, -0.2) is 8.78 Å². The highest BCUT2D eigenvalue weighted by Gasteiger charge is 2.33. The average molecular weight is 282 g/mol. The van der Waals surface area contributed by atoms with E-state index in [0.717, 1.165) is 18.6 Å². The number of piperazine rings is 1. The van der Waals surface area contributed by atoms with Gasteiger partial charge in [0.15, 0.2) is 0 Å². The van der Waals surface area contributed by atoms with Gasteiger partial charge in [-0.05, 0) is 12.5 Å². The molecule has 4 nitrogen and oxygen atoms in total. The van der Waals surface area contributed by atoms with Crippen molar-refractivity contribution in [3.8, 4) is 0 Å². The molecule has 1 unspecified atom stereocenters. The molecular weight excluding hydrogens is 266 g/mol. The molecule has 0 radical (unpaired) electrons. The van der Waals surface area contributed by atoms with Gasteiger partial charge in [0.1, 0.15) is 17.7 Å². The lowest BCUT2D eigenvalue weighted by Crippen LogP contribution is -2.57. The van der Waals surface area contributed by atoms with Crippen molar-refractivity contribution in [3.63, 3.8) is 0 Å². The average Bonchev–Trinajstić information content (AvgIpc) is 2.40. The Bertz CT molecular complexity index is 534. The maximum atomic E-state index is 13.7. The summed E-state index contributed by atoms with van der Waals surface area (Å²) >= 11 is 0. The molecule has 1 N–H and O–H groups in total. The number of nitrogens with one attached hydrogen (secondary N) is 1. The predicted octanol–water partition coefficient (Wildman–Crippen LogP) is 1.59. The molecule has 1 saturated heterocycles. The zero-order valence-electron chi connectivity index (χ0n) is 11.2. The second kappa shape index (κ2) is 5.98. The fourth-order valence-electron chi connectivity index (χ4n) is 2.29. The standard InChI is InChI=1S/C14H16F2N2O2/c1-2-3-12-14(20)17-7-13(19)18(12)8-9-4-5-10(15)6-11(9)16/h4-6,12H,2-3,7-8H2,1H3,(H,17,20). The SMILES string of the molecule is CCCC1C(=O)NCC(=O)N1Cc1ccc(F)cc1F. The van der Waals surface area contributed by atoms with Crippen LogP contribution in [-0.4, -0.2) is 29.3 Å². The molecule has 1 atom stereocenters. The summed E-state index contributed by atoms with van der Waals surface area (Å²) in [4.78, 5) is 25.1. The van der Waals surface area contributed by atoms with Gasteiger partial charge in [0, 0.05) is 18.2 Å². The maximum absolute atomic E-state index is 13.7. The van der Waals surface area contributed by atoms with Gasteiger partial charge in [0.05, 0.1) is 6.54 Å². The lowest BCUT2D eigenvalue weighted by atomic mass is 10.0. The summed E-state index contributed by atoms with van der Waals surface area (Å²) in [5.41, 5.74) is 0.204. The number of benzene rings is 1. The van der Waals surface area contributed by atoms with Crippen molar-refractivity contribution < 1.29 is 18.4 Å². The Kier molecular flexibility index (Phi) is 4.32. The fraction of sp³-hybridized carbons (Fsp3) is 0.429. The molecule has 0 saturated carbocycles. The summed E-state index contributed by atoms with van der Waals surface area (Å²) in [5.74, 6) is -1.86. The van der Waals surface area contributed by atoms with E-state index in [-0.39, 0.29) is 30.5 Å². The van der Waals surface area contributed by atoms with Crippen LogP contribution >= 0.6 is 0 Å². The van der Waals surface area contributed by atoms with E-state index < -0.39 is 17.7 Å². The van der Waals surface area contributed by atoms with E-state index in [4.69, 9.17) is 0 Å². The van der Waals surface area contributed by atoms with E-state index >= 15 is 0 Å². The van der Waals surface area contributed by atoms with Gasteiger partial charge in [-0.1, -0.05) is 19.4 Å². The Balaban J connectivity index is 2.23. The van der Waals surface area contributed by atoms with Gasteiger partial charge in [-0.2, -0.15) is 0 Å². The van der Waals surface area contributed by atoms with E-state index in [1.807, 2.05) is 6.92 Å². The number of halogens is 2. The van der Waals surface area contributed by atoms with Gasteiger partial charge >= 0.3 is 0 Å². The van der Waals surface area contributed by atoms with Crippen LogP contribution in [-0.2, 0) is 16.1 Å². The van der Waals surface area contributed by atoms with Gasteiger partial charge < -0.3 is 10.2 Å². The minimum atomic E-state index is -0.709. The Hall–Kier alpha value is -1.98.